The van der Waals surface area contributed by atoms with Crippen molar-refractivity contribution in [3.8, 4) is 34.1 Å². The van der Waals surface area contributed by atoms with Crippen LogP contribution in [-0.4, -0.2) is 30.6 Å². The molecule has 3 heterocycles. The fraction of sp³-hybridized carbons (Fsp3) is 0.182. The van der Waals surface area contributed by atoms with Crippen molar-refractivity contribution in [3.05, 3.63) is 64.0 Å². The normalized spacial score (nSPS) is 12.3. The Morgan fingerprint density at radius 2 is 1.90 bits per heavy atom. The lowest BCUT2D eigenvalue weighted by atomic mass is 10.1. The molecule has 0 bridgehead atoms. The third kappa shape index (κ3) is 3.05. The predicted molar refractivity (Wildman–Crippen MR) is 114 cm³/mol. The van der Waals surface area contributed by atoms with Gasteiger partial charge in [0.1, 0.15) is 4.83 Å². The van der Waals surface area contributed by atoms with Crippen LogP contribution in [0.1, 0.15) is 5.56 Å². The molecule has 4 aromatic rings. The van der Waals surface area contributed by atoms with Crippen LogP contribution in [0.2, 0.25) is 0 Å². The highest BCUT2D eigenvalue weighted by Gasteiger charge is 2.17. The van der Waals surface area contributed by atoms with Crippen LogP contribution in [0.15, 0.2) is 52.9 Å². The molecule has 0 saturated carbocycles. The van der Waals surface area contributed by atoms with E-state index in [2.05, 4.69) is 4.98 Å². The second-order valence-corrected chi connectivity index (χ2v) is 7.62. The Kier molecular flexibility index (Phi) is 4.55. The van der Waals surface area contributed by atoms with Crippen LogP contribution < -0.4 is 24.5 Å². The van der Waals surface area contributed by atoms with Crippen molar-refractivity contribution in [1.29, 1.82) is 0 Å². The van der Waals surface area contributed by atoms with Crippen molar-refractivity contribution in [2.45, 2.75) is 6.54 Å². The van der Waals surface area contributed by atoms with Gasteiger partial charge in [-0.1, -0.05) is 12.1 Å². The third-order valence-electron chi connectivity index (χ3n) is 5.05. The highest BCUT2D eigenvalue weighted by Crippen LogP contribution is 2.36. The van der Waals surface area contributed by atoms with Crippen molar-refractivity contribution < 1.29 is 18.9 Å². The predicted octanol–water partition coefficient (Wildman–Crippen LogP) is 3.92. The van der Waals surface area contributed by atoms with Gasteiger partial charge < -0.3 is 18.9 Å². The van der Waals surface area contributed by atoms with Crippen LogP contribution in [0.4, 0.5) is 0 Å². The maximum absolute atomic E-state index is 13.3. The quantitative estimate of drug-likeness (QED) is 0.486. The van der Waals surface area contributed by atoms with Crippen LogP contribution in [0, 0.1) is 0 Å². The number of benzene rings is 2. The summed E-state index contributed by atoms with van der Waals surface area (Å²) >= 11 is 1.44. The van der Waals surface area contributed by atoms with Gasteiger partial charge in [-0.25, -0.2) is 4.98 Å². The molecule has 0 N–H and O–H groups in total. The Labute approximate surface area is 176 Å². The van der Waals surface area contributed by atoms with Crippen LogP contribution in [0.25, 0.3) is 21.3 Å². The molecular formula is C22H18N2O5S. The number of nitrogens with zero attached hydrogens (tertiary/aromatic N) is 2. The standard InChI is InChI=1S/C22H18N2O5S/c1-26-16-6-4-14(8-18(16)27-2)15-10-30-21-20(15)22(25)24(11-23-21)9-13-3-5-17-19(7-13)29-12-28-17/h3-8,10-11H,9,12H2,1-2H3. The number of rotatable bonds is 5. The third-order valence-corrected chi connectivity index (χ3v) is 5.93. The van der Waals surface area contributed by atoms with Crippen molar-refractivity contribution in [2.75, 3.05) is 21.0 Å². The van der Waals surface area contributed by atoms with Crippen LogP contribution in [-0.2, 0) is 6.54 Å². The number of thiophene rings is 1. The molecule has 1 aliphatic rings. The Morgan fingerprint density at radius 1 is 1.07 bits per heavy atom. The molecule has 0 aliphatic carbocycles. The molecule has 0 atom stereocenters. The molecular weight excluding hydrogens is 404 g/mol. The molecule has 0 spiro atoms. The van der Waals surface area contributed by atoms with Gasteiger partial charge in [0.25, 0.3) is 5.56 Å². The zero-order chi connectivity index (χ0) is 20.7. The van der Waals surface area contributed by atoms with Gasteiger partial charge in [0, 0.05) is 10.9 Å². The molecule has 5 rings (SSSR count). The van der Waals surface area contributed by atoms with Gasteiger partial charge >= 0.3 is 0 Å². The number of hydrogen-bond donors (Lipinski definition) is 0. The maximum Gasteiger partial charge on any atom is 0.263 e. The number of ether oxygens (including phenoxy) is 4. The number of aromatic nitrogens is 2. The summed E-state index contributed by atoms with van der Waals surface area (Å²) in [6, 6.07) is 11.3. The molecule has 2 aromatic carbocycles. The van der Waals surface area contributed by atoms with E-state index in [0.717, 1.165) is 16.7 Å². The molecule has 0 unspecified atom stereocenters. The largest absolute Gasteiger partial charge is 0.493 e. The average molecular weight is 422 g/mol. The monoisotopic (exact) mass is 422 g/mol. The smallest absolute Gasteiger partial charge is 0.263 e. The van der Waals surface area contributed by atoms with E-state index in [-0.39, 0.29) is 12.4 Å². The van der Waals surface area contributed by atoms with E-state index < -0.39 is 0 Å². The first-order valence-corrected chi connectivity index (χ1v) is 10.1. The summed E-state index contributed by atoms with van der Waals surface area (Å²) in [5.74, 6) is 2.66. The zero-order valence-corrected chi connectivity index (χ0v) is 17.2. The van der Waals surface area contributed by atoms with E-state index >= 15 is 0 Å². The molecule has 2 aromatic heterocycles. The summed E-state index contributed by atoms with van der Waals surface area (Å²) in [7, 11) is 3.18. The van der Waals surface area contributed by atoms with Crippen LogP contribution in [0.5, 0.6) is 23.0 Å². The zero-order valence-electron chi connectivity index (χ0n) is 16.4. The van der Waals surface area contributed by atoms with Crippen LogP contribution in [0.3, 0.4) is 0 Å². The van der Waals surface area contributed by atoms with Gasteiger partial charge in [-0.3, -0.25) is 9.36 Å². The minimum absolute atomic E-state index is 0.0938. The molecule has 30 heavy (non-hydrogen) atoms. The lowest BCUT2D eigenvalue weighted by molar-refractivity contribution is 0.174. The Bertz CT molecular complexity index is 1310. The van der Waals surface area contributed by atoms with Gasteiger partial charge in [0.15, 0.2) is 23.0 Å². The highest BCUT2D eigenvalue weighted by atomic mass is 32.1. The van der Waals surface area contributed by atoms with Crippen molar-refractivity contribution in [2.24, 2.45) is 0 Å². The first-order chi connectivity index (χ1) is 14.7. The molecule has 0 saturated heterocycles. The molecule has 0 fully saturated rings. The summed E-state index contributed by atoms with van der Waals surface area (Å²) in [4.78, 5) is 18.5. The molecule has 1 aliphatic heterocycles. The number of hydrogen-bond acceptors (Lipinski definition) is 7. The Balaban J connectivity index is 1.57. The second-order valence-electron chi connectivity index (χ2n) is 6.76. The molecule has 0 amide bonds. The van der Waals surface area contributed by atoms with Crippen molar-refractivity contribution in [1.82, 2.24) is 9.55 Å². The molecule has 0 radical (unpaired) electrons. The van der Waals surface area contributed by atoms with Gasteiger partial charge in [0.05, 0.1) is 32.5 Å². The van der Waals surface area contributed by atoms with Crippen molar-refractivity contribution >= 4 is 21.6 Å². The van der Waals surface area contributed by atoms with E-state index in [9.17, 15) is 4.79 Å². The van der Waals surface area contributed by atoms with Gasteiger partial charge in [-0.05, 0) is 35.4 Å². The summed E-state index contributed by atoms with van der Waals surface area (Å²) in [5.41, 5.74) is 2.54. The van der Waals surface area contributed by atoms with Gasteiger partial charge in [-0.2, -0.15) is 0 Å². The highest BCUT2D eigenvalue weighted by molar-refractivity contribution is 7.17. The first kappa shape index (κ1) is 18.5. The van der Waals surface area contributed by atoms with Crippen molar-refractivity contribution in [3.63, 3.8) is 0 Å². The van der Waals surface area contributed by atoms with E-state index in [0.29, 0.717) is 39.8 Å². The van der Waals surface area contributed by atoms with E-state index in [4.69, 9.17) is 18.9 Å². The Hall–Kier alpha value is -3.52. The number of fused-ring (bicyclic) bond motifs is 2. The summed E-state index contributed by atoms with van der Waals surface area (Å²) in [5, 5.41) is 2.54. The van der Waals surface area contributed by atoms with E-state index in [1.165, 1.54) is 11.3 Å². The lowest BCUT2D eigenvalue weighted by Gasteiger charge is -2.10. The Morgan fingerprint density at radius 3 is 2.73 bits per heavy atom. The first-order valence-electron chi connectivity index (χ1n) is 9.25. The van der Waals surface area contributed by atoms with Crippen LogP contribution >= 0.6 is 11.3 Å². The fourth-order valence-corrected chi connectivity index (χ4v) is 4.44. The molecule has 7 nitrogen and oxygen atoms in total. The minimum Gasteiger partial charge on any atom is -0.493 e. The lowest BCUT2D eigenvalue weighted by Crippen LogP contribution is -2.20. The van der Waals surface area contributed by atoms with Gasteiger partial charge in [-0.15, -0.1) is 11.3 Å². The topological polar surface area (TPSA) is 71.8 Å². The second kappa shape index (κ2) is 7.38. The molecule has 152 valence electrons. The summed E-state index contributed by atoms with van der Waals surface area (Å²) < 4.78 is 23.1. The average Bonchev–Trinajstić information content (AvgIpc) is 3.42. The summed E-state index contributed by atoms with van der Waals surface area (Å²) in [6.07, 6.45) is 1.59. The fourth-order valence-electron chi connectivity index (χ4n) is 3.53. The van der Waals surface area contributed by atoms with E-state index in [1.54, 1.807) is 25.1 Å². The maximum atomic E-state index is 13.3. The minimum atomic E-state index is -0.0938. The molecule has 8 heteroatoms. The number of methoxy groups -OCH3 is 2. The summed E-state index contributed by atoms with van der Waals surface area (Å²) in [6.45, 7) is 0.607. The van der Waals surface area contributed by atoms with Gasteiger partial charge in [0.2, 0.25) is 6.79 Å². The van der Waals surface area contributed by atoms with E-state index in [1.807, 2.05) is 41.8 Å². The SMILES string of the molecule is COc1ccc(-c2csc3ncn(Cc4ccc5c(c4)OCO5)c(=O)c23)cc1OC.